The molecule has 0 radical (unpaired) electrons. The summed E-state index contributed by atoms with van der Waals surface area (Å²) < 4.78 is 0. The maximum Gasteiger partial charge on any atom is 0.143 e. The smallest absolute Gasteiger partial charge is 0.143 e. The van der Waals surface area contributed by atoms with Gasteiger partial charge in [-0.3, -0.25) is 4.99 Å². The zero-order valence-corrected chi connectivity index (χ0v) is 8.14. The molecule has 0 fully saturated rings. The van der Waals surface area contributed by atoms with Crippen LogP contribution in [0.1, 0.15) is 24.8 Å². The molecule has 1 heterocycles. The van der Waals surface area contributed by atoms with E-state index in [1.54, 1.807) is 0 Å². The lowest BCUT2D eigenvalue weighted by molar-refractivity contribution is 0.687. The van der Waals surface area contributed by atoms with Crippen LogP contribution < -0.4 is 0 Å². The molecule has 2 heteroatoms. The number of hydrogen-bond acceptors (Lipinski definition) is 2. The van der Waals surface area contributed by atoms with Crippen molar-refractivity contribution in [1.82, 2.24) is 0 Å². The van der Waals surface area contributed by atoms with E-state index in [9.17, 15) is 0 Å². The number of rotatable bonds is 1. The highest BCUT2D eigenvalue weighted by Crippen LogP contribution is 2.30. The summed E-state index contributed by atoms with van der Waals surface area (Å²) in [6.45, 7) is 1.99. The summed E-state index contributed by atoms with van der Waals surface area (Å²) in [7, 11) is 0. The van der Waals surface area contributed by atoms with E-state index < -0.39 is 0 Å². The van der Waals surface area contributed by atoms with Crippen LogP contribution >= 0.6 is 0 Å². The molecule has 14 heavy (non-hydrogen) atoms. The van der Waals surface area contributed by atoms with Crippen LogP contribution in [0.3, 0.4) is 0 Å². The molecule has 0 bridgehead atoms. The highest BCUT2D eigenvalue weighted by Gasteiger charge is 2.28. The topological polar surface area (TPSA) is 36.1 Å². The van der Waals surface area contributed by atoms with Crippen LogP contribution in [-0.4, -0.2) is 11.8 Å². The summed E-state index contributed by atoms with van der Waals surface area (Å²) in [5.74, 6) is 0.265. The summed E-state index contributed by atoms with van der Waals surface area (Å²) in [6.07, 6.45) is 0.919. The van der Waals surface area contributed by atoms with Crippen molar-refractivity contribution in [2.45, 2.75) is 25.3 Å². The van der Waals surface area contributed by atoms with E-state index in [0.717, 1.165) is 12.1 Å². The Morgan fingerprint density at radius 3 is 2.71 bits per heavy atom. The summed E-state index contributed by atoms with van der Waals surface area (Å²) >= 11 is 0. The first kappa shape index (κ1) is 8.96. The summed E-state index contributed by atoms with van der Waals surface area (Å²) in [4.78, 5) is 4.32. The normalized spacial score (nSPS) is 25.6. The van der Waals surface area contributed by atoms with Crippen LogP contribution in [0.15, 0.2) is 35.3 Å². The molecule has 70 valence electrons. The summed E-state index contributed by atoms with van der Waals surface area (Å²) in [5, 5.41) is 8.96. The Morgan fingerprint density at radius 2 is 2.07 bits per heavy atom. The first-order valence-corrected chi connectivity index (χ1v) is 4.79. The van der Waals surface area contributed by atoms with Gasteiger partial charge in [-0.2, -0.15) is 5.26 Å². The second kappa shape index (κ2) is 3.63. The number of benzene rings is 1. The lowest BCUT2D eigenvalue weighted by Crippen LogP contribution is -2.09. The van der Waals surface area contributed by atoms with E-state index in [-0.39, 0.29) is 12.0 Å². The van der Waals surface area contributed by atoms with Crippen LogP contribution in [0.4, 0.5) is 0 Å². The van der Waals surface area contributed by atoms with Crippen molar-refractivity contribution in [3.63, 3.8) is 0 Å². The van der Waals surface area contributed by atoms with E-state index in [1.165, 1.54) is 5.56 Å². The molecule has 0 saturated carbocycles. The Bertz CT molecular complexity index is 387. The molecule has 1 unspecified atom stereocenters. The third-order valence-corrected chi connectivity index (χ3v) is 2.62. The van der Waals surface area contributed by atoms with Gasteiger partial charge >= 0.3 is 0 Å². The second-order valence-electron chi connectivity index (χ2n) is 3.66. The Labute approximate surface area is 83.9 Å². The zero-order valence-electron chi connectivity index (χ0n) is 8.14. The van der Waals surface area contributed by atoms with E-state index in [4.69, 9.17) is 5.26 Å². The Morgan fingerprint density at radius 1 is 1.36 bits per heavy atom. The van der Waals surface area contributed by atoms with E-state index in [2.05, 4.69) is 23.2 Å². The van der Waals surface area contributed by atoms with E-state index >= 15 is 0 Å². The third kappa shape index (κ3) is 1.54. The van der Waals surface area contributed by atoms with Gasteiger partial charge in [0, 0.05) is 11.6 Å². The molecule has 0 aliphatic carbocycles. The minimum Gasteiger partial charge on any atom is -0.275 e. The van der Waals surface area contributed by atoms with Gasteiger partial charge in [0.15, 0.2) is 0 Å². The van der Waals surface area contributed by atoms with Crippen molar-refractivity contribution in [1.29, 1.82) is 5.26 Å². The molecule has 1 aliphatic rings. The van der Waals surface area contributed by atoms with Gasteiger partial charge < -0.3 is 0 Å². The molecule has 2 rings (SSSR count). The fourth-order valence-corrected chi connectivity index (χ4v) is 1.93. The van der Waals surface area contributed by atoms with Crippen molar-refractivity contribution in [3.8, 4) is 6.07 Å². The minimum atomic E-state index is -0.183. The summed E-state index contributed by atoms with van der Waals surface area (Å²) in [5.41, 5.74) is 2.31. The number of nitrogens with zero attached hydrogens (tertiary/aromatic N) is 2. The Balaban J connectivity index is 2.27. The predicted molar refractivity (Wildman–Crippen MR) is 56.3 cm³/mol. The molecule has 1 aromatic carbocycles. The average Bonchev–Trinajstić information content (AvgIpc) is 2.61. The van der Waals surface area contributed by atoms with Gasteiger partial charge in [-0.25, -0.2) is 0 Å². The highest BCUT2D eigenvalue weighted by molar-refractivity contribution is 5.85. The number of hydrogen-bond donors (Lipinski definition) is 0. The van der Waals surface area contributed by atoms with Crippen LogP contribution in [0.25, 0.3) is 0 Å². The fourth-order valence-electron chi connectivity index (χ4n) is 1.93. The maximum atomic E-state index is 8.96. The summed E-state index contributed by atoms with van der Waals surface area (Å²) in [6, 6.07) is 12.2. The highest BCUT2D eigenvalue weighted by atomic mass is 14.8. The van der Waals surface area contributed by atoms with Crippen molar-refractivity contribution in [2.75, 3.05) is 0 Å². The Kier molecular flexibility index (Phi) is 2.32. The van der Waals surface area contributed by atoms with Gasteiger partial charge in [0.1, 0.15) is 6.04 Å². The SMILES string of the molecule is CC1=NC(C#N)[C@@H](c2ccccc2)C1. The molecule has 2 nitrogen and oxygen atoms in total. The number of aliphatic imine (C=N–C) groups is 1. The van der Waals surface area contributed by atoms with Crippen molar-refractivity contribution in [3.05, 3.63) is 35.9 Å². The van der Waals surface area contributed by atoms with Gasteiger partial charge in [-0.1, -0.05) is 30.3 Å². The third-order valence-electron chi connectivity index (χ3n) is 2.62. The molecule has 0 amide bonds. The average molecular weight is 184 g/mol. The molecule has 0 spiro atoms. The monoisotopic (exact) mass is 184 g/mol. The van der Waals surface area contributed by atoms with Crippen LogP contribution in [0.2, 0.25) is 0 Å². The van der Waals surface area contributed by atoms with Gasteiger partial charge in [0.2, 0.25) is 0 Å². The molecular weight excluding hydrogens is 172 g/mol. The molecule has 0 N–H and O–H groups in total. The van der Waals surface area contributed by atoms with E-state index in [0.29, 0.717) is 0 Å². The largest absolute Gasteiger partial charge is 0.275 e. The molecular formula is C12H12N2. The first-order chi connectivity index (χ1) is 6.81. The molecule has 0 saturated heterocycles. The van der Waals surface area contributed by atoms with Crippen LogP contribution in [-0.2, 0) is 0 Å². The molecule has 2 atom stereocenters. The lowest BCUT2D eigenvalue weighted by Gasteiger charge is -2.11. The molecule has 1 aliphatic heterocycles. The van der Waals surface area contributed by atoms with Gasteiger partial charge in [0.05, 0.1) is 6.07 Å². The maximum absolute atomic E-state index is 8.96. The fraction of sp³-hybridized carbons (Fsp3) is 0.333. The van der Waals surface area contributed by atoms with Crippen LogP contribution in [0, 0.1) is 11.3 Å². The predicted octanol–water partition coefficient (Wildman–Crippen LogP) is 2.53. The first-order valence-electron chi connectivity index (χ1n) is 4.79. The van der Waals surface area contributed by atoms with Gasteiger partial charge in [-0.15, -0.1) is 0 Å². The second-order valence-corrected chi connectivity index (χ2v) is 3.66. The standard InChI is InChI=1S/C12H12N2/c1-9-7-11(12(8-13)14-9)10-5-3-2-4-6-10/h2-6,11-12H,7H2,1H3/t11-,12?/m1/s1. The van der Waals surface area contributed by atoms with E-state index in [1.807, 2.05) is 25.1 Å². The van der Waals surface area contributed by atoms with Crippen LogP contribution in [0.5, 0.6) is 0 Å². The lowest BCUT2D eigenvalue weighted by atomic mass is 9.91. The Hall–Kier alpha value is -1.62. The zero-order chi connectivity index (χ0) is 9.97. The van der Waals surface area contributed by atoms with Crippen molar-refractivity contribution >= 4 is 5.71 Å². The van der Waals surface area contributed by atoms with Crippen molar-refractivity contribution < 1.29 is 0 Å². The quantitative estimate of drug-likeness (QED) is 0.660. The molecule has 1 aromatic rings. The van der Waals surface area contributed by atoms with Gasteiger partial charge in [-0.05, 0) is 18.9 Å². The molecule has 0 aromatic heterocycles. The minimum absolute atomic E-state index is 0.183. The van der Waals surface area contributed by atoms with Gasteiger partial charge in [0.25, 0.3) is 0 Å². The van der Waals surface area contributed by atoms with Crippen molar-refractivity contribution in [2.24, 2.45) is 4.99 Å². The number of nitriles is 1.